The molecule has 0 aliphatic heterocycles. The Morgan fingerprint density at radius 2 is 0.639 bits per heavy atom. The summed E-state index contributed by atoms with van der Waals surface area (Å²) in [5, 5.41) is 7.46. The minimum absolute atomic E-state index is 1.08. The lowest BCUT2D eigenvalue weighted by Gasteiger charge is -2.29. The maximum atomic E-state index is 2.45. The van der Waals surface area contributed by atoms with Gasteiger partial charge in [0.2, 0.25) is 0 Å². The Kier molecular flexibility index (Phi) is 9.26. The first-order chi connectivity index (χ1) is 30.2. The van der Waals surface area contributed by atoms with Crippen LogP contribution in [0, 0.1) is 0 Å². The summed E-state index contributed by atoms with van der Waals surface area (Å²) in [4.78, 5) is 2.45. The van der Waals surface area contributed by atoms with E-state index in [0.29, 0.717) is 0 Å². The summed E-state index contributed by atoms with van der Waals surface area (Å²) in [7, 11) is 0. The van der Waals surface area contributed by atoms with Crippen molar-refractivity contribution in [3.05, 3.63) is 249 Å². The molecule has 0 spiro atoms. The van der Waals surface area contributed by atoms with Gasteiger partial charge in [0.15, 0.2) is 0 Å². The molecule has 0 aliphatic carbocycles. The normalized spacial score (nSPS) is 11.3. The van der Waals surface area contributed by atoms with Crippen LogP contribution in [0.5, 0.6) is 0 Å². The Hall–Kier alpha value is -8.00. The largest absolute Gasteiger partial charge is 0.310 e. The van der Waals surface area contributed by atoms with Gasteiger partial charge >= 0.3 is 0 Å². The minimum Gasteiger partial charge on any atom is -0.310 e. The molecule has 286 valence electrons. The van der Waals surface area contributed by atoms with E-state index < -0.39 is 0 Å². The van der Waals surface area contributed by atoms with E-state index in [1.165, 1.54) is 76.8 Å². The zero-order valence-corrected chi connectivity index (χ0v) is 33.6. The van der Waals surface area contributed by atoms with Crippen molar-refractivity contribution in [2.45, 2.75) is 0 Å². The Bertz CT molecular complexity index is 3360. The molecule has 0 saturated heterocycles. The Labute approximate surface area is 357 Å². The number of hydrogen-bond donors (Lipinski definition) is 0. The summed E-state index contributed by atoms with van der Waals surface area (Å²) >= 11 is 0. The van der Waals surface area contributed by atoms with E-state index in [4.69, 9.17) is 0 Å². The maximum absolute atomic E-state index is 2.45. The van der Waals surface area contributed by atoms with Crippen LogP contribution < -0.4 is 4.90 Å². The molecule has 0 bridgehead atoms. The third-order valence-corrected chi connectivity index (χ3v) is 12.0. The summed E-state index contributed by atoms with van der Waals surface area (Å²) in [6.45, 7) is 0. The van der Waals surface area contributed by atoms with Crippen molar-refractivity contribution in [1.29, 1.82) is 0 Å². The molecule has 0 radical (unpaired) electrons. The summed E-state index contributed by atoms with van der Waals surface area (Å²) in [6.07, 6.45) is 0. The summed E-state index contributed by atoms with van der Waals surface area (Å²) < 4.78 is 0. The molecule has 11 rings (SSSR count). The van der Waals surface area contributed by atoms with Crippen molar-refractivity contribution in [2.75, 3.05) is 4.90 Å². The first-order valence-electron chi connectivity index (χ1n) is 21.0. The number of fused-ring (bicyclic) bond motifs is 4. The van der Waals surface area contributed by atoms with E-state index in [-0.39, 0.29) is 0 Å². The van der Waals surface area contributed by atoms with Gasteiger partial charge < -0.3 is 4.90 Å². The molecular weight excluding hydrogens is 735 g/mol. The summed E-state index contributed by atoms with van der Waals surface area (Å²) in [5.41, 5.74) is 15.1. The first kappa shape index (κ1) is 36.1. The second-order valence-electron chi connectivity index (χ2n) is 15.7. The second kappa shape index (κ2) is 15.6. The number of benzene rings is 11. The van der Waals surface area contributed by atoms with Crippen LogP contribution in [0.1, 0.15) is 0 Å². The van der Waals surface area contributed by atoms with Crippen LogP contribution in [0.3, 0.4) is 0 Å². The van der Waals surface area contributed by atoms with Gasteiger partial charge in [0.25, 0.3) is 0 Å². The predicted molar refractivity (Wildman–Crippen MR) is 261 cm³/mol. The standard InChI is InChI=1S/C60H41N/c1-3-15-42(16-4-1)47-22-11-23-48(37-47)50-25-13-27-54(39-50)61(53-26-12-24-49(38-53)43-17-5-2-6-18-43)60-36-35-52(41-59(60)57-30-14-21-44-19-7-9-28-55(44)57)51-34-33-46-32-31-45-20-8-10-29-56(45)58(46)40-51/h1-41H. The molecule has 0 fully saturated rings. The van der Waals surface area contributed by atoms with E-state index in [1.54, 1.807) is 0 Å². The molecule has 0 amide bonds. The highest BCUT2D eigenvalue weighted by atomic mass is 15.1. The molecule has 0 atom stereocenters. The third kappa shape index (κ3) is 6.93. The van der Waals surface area contributed by atoms with Crippen molar-refractivity contribution < 1.29 is 0 Å². The predicted octanol–water partition coefficient (Wildman–Crippen LogP) is 17.0. The smallest absolute Gasteiger partial charge is 0.0540 e. The SMILES string of the molecule is c1ccc(-c2cccc(-c3cccc(N(c4cccc(-c5ccccc5)c4)c4ccc(-c5ccc6ccc7ccccc7c6c5)cc4-c4cccc5ccccc45)c3)c2)cc1. The molecule has 0 aliphatic rings. The number of hydrogen-bond acceptors (Lipinski definition) is 1. The lowest BCUT2D eigenvalue weighted by Crippen LogP contribution is -2.11. The molecule has 0 aromatic heterocycles. The van der Waals surface area contributed by atoms with E-state index in [0.717, 1.165) is 28.2 Å². The Morgan fingerprint density at radius 1 is 0.213 bits per heavy atom. The number of nitrogens with zero attached hydrogens (tertiary/aromatic N) is 1. The van der Waals surface area contributed by atoms with Gasteiger partial charge in [0, 0.05) is 16.9 Å². The van der Waals surface area contributed by atoms with E-state index >= 15 is 0 Å². The fraction of sp³-hybridized carbons (Fsp3) is 0. The van der Waals surface area contributed by atoms with E-state index in [9.17, 15) is 0 Å². The molecular formula is C60H41N. The van der Waals surface area contributed by atoms with Crippen molar-refractivity contribution >= 4 is 49.4 Å². The van der Waals surface area contributed by atoms with Crippen LogP contribution in [0.25, 0.3) is 88.0 Å². The average Bonchev–Trinajstić information content (AvgIpc) is 3.34. The van der Waals surface area contributed by atoms with Gasteiger partial charge in [0.05, 0.1) is 5.69 Å². The average molecular weight is 776 g/mol. The molecule has 0 N–H and O–H groups in total. The van der Waals surface area contributed by atoms with Crippen LogP contribution >= 0.6 is 0 Å². The van der Waals surface area contributed by atoms with Gasteiger partial charge in [-0.25, -0.2) is 0 Å². The highest BCUT2D eigenvalue weighted by Gasteiger charge is 2.21. The van der Waals surface area contributed by atoms with Crippen molar-refractivity contribution in [2.24, 2.45) is 0 Å². The van der Waals surface area contributed by atoms with E-state index in [2.05, 4.69) is 254 Å². The first-order valence-corrected chi connectivity index (χ1v) is 21.0. The molecule has 0 heterocycles. The van der Waals surface area contributed by atoms with Crippen molar-refractivity contribution in [3.63, 3.8) is 0 Å². The summed E-state index contributed by atoms with van der Waals surface area (Å²) in [5.74, 6) is 0. The maximum Gasteiger partial charge on any atom is 0.0540 e. The lowest BCUT2D eigenvalue weighted by atomic mass is 9.91. The fourth-order valence-electron chi connectivity index (χ4n) is 8.98. The molecule has 11 aromatic carbocycles. The van der Waals surface area contributed by atoms with Gasteiger partial charge in [0.1, 0.15) is 0 Å². The van der Waals surface area contributed by atoms with Crippen molar-refractivity contribution in [3.8, 4) is 55.6 Å². The topological polar surface area (TPSA) is 3.24 Å². The highest BCUT2D eigenvalue weighted by Crippen LogP contribution is 2.46. The van der Waals surface area contributed by atoms with Crippen LogP contribution in [0.2, 0.25) is 0 Å². The van der Waals surface area contributed by atoms with Gasteiger partial charge in [-0.15, -0.1) is 0 Å². The zero-order valence-electron chi connectivity index (χ0n) is 33.6. The molecule has 0 unspecified atom stereocenters. The number of anilines is 3. The molecule has 0 saturated carbocycles. The molecule has 1 nitrogen and oxygen atoms in total. The minimum atomic E-state index is 1.08. The highest BCUT2D eigenvalue weighted by molar-refractivity contribution is 6.09. The Morgan fingerprint density at radius 3 is 1.33 bits per heavy atom. The Balaban J connectivity index is 1.14. The molecule has 11 aromatic rings. The van der Waals surface area contributed by atoms with Crippen LogP contribution in [-0.4, -0.2) is 0 Å². The van der Waals surface area contributed by atoms with E-state index in [1.807, 2.05) is 0 Å². The fourth-order valence-corrected chi connectivity index (χ4v) is 8.98. The lowest BCUT2D eigenvalue weighted by molar-refractivity contribution is 1.28. The van der Waals surface area contributed by atoms with Gasteiger partial charge in [-0.05, 0) is 131 Å². The quantitative estimate of drug-likeness (QED) is 0.139. The second-order valence-corrected chi connectivity index (χ2v) is 15.7. The van der Waals surface area contributed by atoms with Gasteiger partial charge in [-0.3, -0.25) is 0 Å². The van der Waals surface area contributed by atoms with Gasteiger partial charge in [-0.1, -0.05) is 200 Å². The van der Waals surface area contributed by atoms with Crippen LogP contribution in [-0.2, 0) is 0 Å². The third-order valence-electron chi connectivity index (χ3n) is 12.0. The number of rotatable bonds is 8. The molecule has 61 heavy (non-hydrogen) atoms. The summed E-state index contributed by atoms with van der Waals surface area (Å²) in [6, 6.07) is 90.7. The monoisotopic (exact) mass is 775 g/mol. The van der Waals surface area contributed by atoms with Crippen molar-refractivity contribution in [1.82, 2.24) is 0 Å². The van der Waals surface area contributed by atoms with Gasteiger partial charge in [-0.2, -0.15) is 0 Å². The van der Waals surface area contributed by atoms with Crippen LogP contribution in [0.15, 0.2) is 249 Å². The molecule has 1 heteroatoms. The zero-order chi connectivity index (χ0) is 40.5. The van der Waals surface area contributed by atoms with Crippen LogP contribution in [0.4, 0.5) is 17.1 Å².